The van der Waals surface area contributed by atoms with Crippen molar-refractivity contribution in [2.45, 2.75) is 45.2 Å². The minimum atomic E-state index is -1.49. The standard InChI is InChI=1S/C13H16ClFN4O/c1-4-8-7(2)13(3,15)12(20-8)19-6-18-9-10(14)16-5-17-11(9)19/h5-8,12H,4H2,1-3H3/t7?,8-,12-,13-/m1/s1. The van der Waals surface area contributed by atoms with Gasteiger partial charge in [0, 0.05) is 5.92 Å². The van der Waals surface area contributed by atoms with Crippen molar-refractivity contribution in [2.24, 2.45) is 5.92 Å². The largest absolute Gasteiger partial charge is 0.351 e. The second kappa shape index (κ2) is 4.63. The average Bonchev–Trinajstić information content (AvgIpc) is 2.92. The van der Waals surface area contributed by atoms with Crippen LogP contribution in [0, 0.1) is 5.92 Å². The third-order valence-electron chi connectivity index (χ3n) is 4.20. The first kappa shape index (κ1) is 13.7. The van der Waals surface area contributed by atoms with E-state index in [0.29, 0.717) is 11.2 Å². The maximum Gasteiger partial charge on any atom is 0.171 e. The molecule has 0 radical (unpaired) electrons. The molecule has 0 bridgehead atoms. The third-order valence-corrected chi connectivity index (χ3v) is 4.48. The number of fused-ring (bicyclic) bond motifs is 1. The van der Waals surface area contributed by atoms with Gasteiger partial charge in [0.05, 0.1) is 12.4 Å². The Labute approximate surface area is 121 Å². The van der Waals surface area contributed by atoms with Crippen molar-refractivity contribution < 1.29 is 9.13 Å². The zero-order valence-electron chi connectivity index (χ0n) is 11.5. The number of imidazole rings is 1. The zero-order chi connectivity index (χ0) is 14.5. The van der Waals surface area contributed by atoms with E-state index in [1.807, 2.05) is 13.8 Å². The summed E-state index contributed by atoms with van der Waals surface area (Å²) >= 11 is 5.97. The molecule has 1 unspecified atom stereocenters. The molecule has 7 heteroatoms. The van der Waals surface area contributed by atoms with E-state index in [0.717, 1.165) is 6.42 Å². The molecule has 1 saturated heterocycles. The van der Waals surface area contributed by atoms with Crippen molar-refractivity contribution in [3.63, 3.8) is 0 Å². The average molecular weight is 299 g/mol. The Balaban J connectivity index is 2.10. The Morgan fingerprint density at radius 1 is 1.45 bits per heavy atom. The summed E-state index contributed by atoms with van der Waals surface area (Å²) in [6.45, 7) is 5.42. The number of hydrogen-bond donors (Lipinski definition) is 0. The lowest BCUT2D eigenvalue weighted by Gasteiger charge is -2.25. The van der Waals surface area contributed by atoms with Crippen LogP contribution in [0.25, 0.3) is 11.2 Å². The number of nitrogens with zero attached hydrogens (tertiary/aromatic N) is 4. The SMILES string of the molecule is CC[C@H]1O[C@@H](n2cnc3c(Cl)ncnc32)[C@](C)(F)C1C. The van der Waals surface area contributed by atoms with Gasteiger partial charge in [0.1, 0.15) is 11.8 Å². The molecular formula is C13H16ClFN4O. The Hall–Kier alpha value is -1.27. The molecule has 0 amide bonds. The van der Waals surface area contributed by atoms with E-state index in [-0.39, 0.29) is 17.2 Å². The lowest BCUT2D eigenvalue weighted by atomic mass is 9.88. The lowest BCUT2D eigenvalue weighted by Crippen LogP contribution is -2.33. The van der Waals surface area contributed by atoms with Crippen molar-refractivity contribution in [3.8, 4) is 0 Å². The van der Waals surface area contributed by atoms with Crippen molar-refractivity contribution in [3.05, 3.63) is 17.8 Å². The van der Waals surface area contributed by atoms with E-state index in [1.165, 1.54) is 12.7 Å². The fraction of sp³-hybridized carbons (Fsp3) is 0.615. The summed E-state index contributed by atoms with van der Waals surface area (Å²) < 4.78 is 22.5. The molecule has 2 aromatic rings. The number of rotatable bonds is 2. The molecular weight excluding hydrogens is 283 g/mol. The Kier molecular flexibility index (Phi) is 3.17. The summed E-state index contributed by atoms with van der Waals surface area (Å²) in [7, 11) is 0. The van der Waals surface area contributed by atoms with Gasteiger partial charge in [0.25, 0.3) is 0 Å². The smallest absolute Gasteiger partial charge is 0.171 e. The molecule has 2 aromatic heterocycles. The van der Waals surface area contributed by atoms with Crippen LogP contribution >= 0.6 is 11.6 Å². The van der Waals surface area contributed by atoms with Crippen LogP contribution in [0.15, 0.2) is 12.7 Å². The summed E-state index contributed by atoms with van der Waals surface area (Å²) in [5.41, 5.74) is -0.546. The molecule has 1 aliphatic heterocycles. The summed E-state index contributed by atoms with van der Waals surface area (Å²) in [5.74, 6) is -0.202. The highest BCUT2D eigenvalue weighted by atomic mass is 35.5. The molecule has 0 spiro atoms. The van der Waals surface area contributed by atoms with Gasteiger partial charge in [0.2, 0.25) is 0 Å². The number of aromatic nitrogens is 4. The molecule has 1 aliphatic rings. The van der Waals surface area contributed by atoms with Gasteiger partial charge in [-0.15, -0.1) is 0 Å². The van der Waals surface area contributed by atoms with Gasteiger partial charge < -0.3 is 4.74 Å². The molecule has 0 aromatic carbocycles. The third kappa shape index (κ3) is 1.82. The summed E-state index contributed by atoms with van der Waals surface area (Å²) in [6.07, 6.45) is 2.75. The Bertz CT molecular complexity index is 644. The van der Waals surface area contributed by atoms with Crippen LogP contribution in [0.1, 0.15) is 33.4 Å². The van der Waals surface area contributed by atoms with E-state index in [4.69, 9.17) is 16.3 Å². The van der Waals surface area contributed by atoms with Gasteiger partial charge in [-0.05, 0) is 13.3 Å². The van der Waals surface area contributed by atoms with E-state index in [2.05, 4.69) is 15.0 Å². The lowest BCUT2D eigenvalue weighted by molar-refractivity contribution is -0.0450. The van der Waals surface area contributed by atoms with E-state index < -0.39 is 11.9 Å². The second-order valence-electron chi connectivity index (χ2n) is 5.36. The fourth-order valence-corrected chi connectivity index (χ4v) is 2.96. The maximum absolute atomic E-state index is 15.0. The first-order valence-corrected chi connectivity index (χ1v) is 7.02. The first-order valence-electron chi connectivity index (χ1n) is 6.64. The maximum atomic E-state index is 15.0. The number of ether oxygens (including phenoxy) is 1. The number of hydrogen-bond acceptors (Lipinski definition) is 4. The predicted molar refractivity (Wildman–Crippen MR) is 73.2 cm³/mol. The molecule has 3 rings (SSSR count). The van der Waals surface area contributed by atoms with Gasteiger partial charge in [-0.2, -0.15) is 0 Å². The summed E-state index contributed by atoms with van der Waals surface area (Å²) in [5, 5.41) is 0.257. The quantitative estimate of drug-likeness (QED) is 0.799. The molecule has 108 valence electrons. The highest BCUT2D eigenvalue weighted by Crippen LogP contribution is 2.46. The van der Waals surface area contributed by atoms with Crippen LogP contribution in [0.4, 0.5) is 4.39 Å². The second-order valence-corrected chi connectivity index (χ2v) is 5.72. The van der Waals surface area contributed by atoms with Gasteiger partial charge in [-0.25, -0.2) is 19.3 Å². The van der Waals surface area contributed by atoms with Crippen molar-refractivity contribution >= 4 is 22.8 Å². The minimum Gasteiger partial charge on any atom is -0.351 e. The van der Waals surface area contributed by atoms with Crippen LogP contribution in [-0.2, 0) is 4.74 Å². The Morgan fingerprint density at radius 3 is 2.85 bits per heavy atom. The van der Waals surface area contributed by atoms with E-state index in [1.54, 1.807) is 11.5 Å². The van der Waals surface area contributed by atoms with Crippen molar-refractivity contribution in [2.75, 3.05) is 0 Å². The fourth-order valence-electron chi connectivity index (χ4n) is 2.79. The number of halogens is 2. The van der Waals surface area contributed by atoms with Gasteiger partial charge in [-0.3, -0.25) is 4.57 Å². The number of alkyl halides is 1. The molecule has 0 aliphatic carbocycles. The van der Waals surface area contributed by atoms with Gasteiger partial charge in [0.15, 0.2) is 22.7 Å². The highest BCUT2D eigenvalue weighted by Gasteiger charge is 2.52. The minimum absolute atomic E-state index is 0.121. The predicted octanol–water partition coefficient (Wildman–Crippen LogP) is 3.15. The summed E-state index contributed by atoms with van der Waals surface area (Å²) in [6, 6.07) is 0. The first-order chi connectivity index (χ1) is 9.46. The molecule has 3 heterocycles. The molecule has 4 atom stereocenters. The van der Waals surface area contributed by atoms with Crippen LogP contribution in [0.3, 0.4) is 0 Å². The highest BCUT2D eigenvalue weighted by molar-refractivity contribution is 6.33. The van der Waals surface area contributed by atoms with E-state index in [9.17, 15) is 0 Å². The van der Waals surface area contributed by atoms with Crippen LogP contribution in [-0.4, -0.2) is 31.3 Å². The molecule has 1 fully saturated rings. The van der Waals surface area contributed by atoms with Crippen LogP contribution in [0.5, 0.6) is 0 Å². The molecule has 0 saturated carbocycles. The van der Waals surface area contributed by atoms with Gasteiger partial charge in [-0.1, -0.05) is 25.4 Å². The van der Waals surface area contributed by atoms with Gasteiger partial charge >= 0.3 is 0 Å². The normalized spacial score (nSPS) is 34.0. The zero-order valence-corrected chi connectivity index (χ0v) is 12.3. The van der Waals surface area contributed by atoms with Crippen LogP contribution < -0.4 is 0 Å². The van der Waals surface area contributed by atoms with Crippen molar-refractivity contribution in [1.29, 1.82) is 0 Å². The molecule has 0 N–H and O–H groups in total. The van der Waals surface area contributed by atoms with Crippen LogP contribution in [0.2, 0.25) is 5.15 Å². The van der Waals surface area contributed by atoms with Crippen molar-refractivity contribution in [1.82, 2.24) is 19.5 Å². The summed E-state index contributed by atoms with van der Waals surface area (Å²) in [4.78, 5) is 12.2. The molecule has 5 nitrogen and oxygen atoms in total. The molecule has 20 heavy (non-hydrogen) atoms. The Morgan fingerprint density at radius 2 is 2.20 bits per heavy atom. The topological polar surface area (TPSA) is 52.8 Å². The monoisotopic (exact) mass is 298 g/mol. The van der Waals surface area contributed by atoms with E-state index >= 15 is 4.39 Å².